The summed E-state index contributed by atoms with van der Waals surface area (Å²) >= 11 is 0. The largest absolute Gasteiger partial charge is 0.329 e. The van der Waals surface area contributed by atoms with Crippen LogP contribution in [0, 0.1) is 0 Å². The van der Waals surface area contributed by atoms with Crippen LogP contribution in [0.2, 0.25) is 0 Å². The van der Waals surface area contributed by atoms with E-state index in [1.165, 1.54) is 13.1 Å². The Morgan fingerprint density at radius 3 is 2.60 bits per heavy atom. The zero-order chi connectivity index (χ0) is 18.0. The SMILES string of the molecule is CCc1ccc2[nH]c(=O)n(Cc3ccc(NC(C)=O)nc3)c(=O)c2c1. The summed E-state index contributed by atoms with van der Waals surface area (Å²) in [6, 6.07) is 8.81. The Labute approximate surface area is 143 Å². The number of hydrogen-bond donors (Lipinski definition) is 2. The molecule has 0 bridgehead atoms. The van der Waals surface area contributed by atoms with E-state index in [4.69, 9.17) is 0 Å². The fourth-order valence-corrected chi connectivity index (χ4v) is 2.62. The van der Waals surface area contributed by atoms with Gasteiger partial charge in [-0.25, -0.2) is 9.78 Å². The number of carbonyl (C=O) groups excluding carboxylic acids is 1. The number of H-pyrrole nitrogens is 1. The van der Waals surface area contributed by atoms with Crippen molar-refractivity contribution in [3.05, 3.63) is 68.5 Å². The van der Waals surface area contributed by atoms with Crippen LogP contribution in [0.5, 0.6) is 0 Å². The molecule has 0 aliphatic carbocycles. The summed E-state index contributed by atoms with van der Waals surface area (Å²) in [6.45, 7) is 3.51. The number of nitrogens with one attached hydrogen (secondary N) is 2. The van der Waals surface area contributed by atoms with E-state index in [2.05, 4.69) is 15.3 Å². The van der Waals surface area contributed by atoms with E-state index in [0.717, 1.165) is 16.6 Å². The molecule has 1 amide bonds. The Morgan fingerprint density at radius 1 is 1.20 bits per heavy atom. The molecule has 0 aliphatic heterocycles. The molecule has 0 fully saturated rings. The van der Waals surface area contributed by atoms with E-state index in [0.29, 0.717) is 22.3 Å². The quantitative estimate of drug-likeness (QED) is 0.756. The second-order valence-electron chi connectivity index (χ2n) is 5.79. The fraction of sp³-hybridized carbons (Fsp3) is 0.222. The number of carbonyl (C=O) groups is 1. The van der Waals surface area contributed by atoms with Crippen molar-refractivity contribution in [1.82, 2.24) is 14.5 Å². The molecule has 0 saturated heterocycles. The molecule has 3 aromatic rings. The Morgan fingerprint density at radius 2 is 1.96 bits per heavy atom. The maximum absolute atomic E-state index is 12.7. The summed E-state index contributed by atoms with van der Waals surface area (Å²) in [5.41, 5.74) is 1.45. The van der Waals surface area contributed by atoms with E-state index in [9.17, 15) is 14.4 Å². The monoisotopic (exact) mass is 338 g/mol. The number of anilines is 1. The van der Waals surface area contributed by atoms with Gasteiger partial charge in [0.2, 0.25) is 5.91 Å². The average Bonchev–Trinajstić information content (AvgIpc) is 2.59. The number of benzene rings is 1. The van der Waals surface area contributed by atoms with Crippen LogP contribution in [-0.4, -0.2) is 20.4 Å². The highest BCUT2D eigenvalue weighted by atomic mass is 16.2. The summed E-state index contributed by atoms with van der Waals surface area (Å²) < 4.78 is 1.15. The van der Waals surface area contributed by atoms with Crippen molar-refractivity contribution in [3.63, 3.8) is 0 Å². The van der Waals surface area contributed by atoms with Gasteiger partial charge < -0.3 is 10.3 Å². The molecule has 0 spiro atoms. The predicted molar refractivity (Wildman–Crippen MR) is 95.8 cm³/mol. The molecule has 128 valence electrons. The summed E-state index contributed by atoms with van der Waals surface area (Å²) in [6.07, 6.45) is 2.34. The first kappa shape index (κ1) is 16.6. The number of fused-ring (bicyclic) bond motifs is 1. The van der Waals surface area contributed by atoms with Gasteiger partial charge in [0.15, 0.2) is 0 Å². The molecule has 2 heterocycles. The minimum atomic E-state index is -0.465. The van der Waals surface area contributed by atoms with E-state index >= 15 is 0 Å². The van der Waals surface area contributed by atoms with E-state index in [-0.39, 0.29) is 18.0 Å². The topological polar surface area (TPSA) is 96.8 Å². The van der Waals surface area contributed by atoms with Crippen molar-refractivity contribution in [2.45, 2.75) is 26.8 Å². The van der Waals surface area contributed by atoms with Crippen LogP contribution in [0.15, 0.2) is 46.1 Å². The predicted octanol–water partition coefficient (Wildman–Crippen LogP) is 1.65. The Balaban J connectivity index is 1.99. The second-order valence-corrected chi connectivity index (χ2v) is 5.79. The summed E-state index contributed by atoms with van der Waals surface area (Å²) in [7, 11) is 0. The van der Waals surface area contributed by atoms with Gasteiger partial charge in [0, 0.05) is 13.1 Å². The van der Waals surface area contributed by atoms with Crippen LogP contribution in [0.25, 0.3) is 10.9 Å². The van der Waals surface area contributed by atoms with Crippen LogP contribution in [0.1, 0.15) is 25.0 Å². The van der Waals surface area contributed by atoms with Crippen molar-refractivity contribution < 1.29 is 4.79 Å². The van der Waals surface area contributed by atoms with E-state index < -0.39 is 5.69 Å². The third kappa shape index (κ3) is 3.50. The number of nitrogens with zero attached hydrogens (tertiary/aromatic N) is 2. The summed E-state index contributed by atoms with van der Waals surface area (Å²) in [4.78, 5) is 42.8. The molecule has 1 aromatic carbocycles. The Bertz CT molecular complexity index is 1050. The smallest absolute Gasteiger partial charge is 0.311 e. The first-order chi connectivity index (χ1) is 12.0. The zero-order valence-corrected chi connectivity index (χ0v) is 14.0. The highest BCUT2D eigenvalue weighted by Crippen LogP contribution is 2.10. The van der Waals surface area contributed by atoms with Crippen LogP contribution in [0.4, 0.5) is 5.82 Å². The molecule has 3 rings (SSSR count). The number of hydrogen-bond acceptors (Lipinski definition) is 4. The normalized spacial score (nSPS) is 10.8. The molecule has 0 aliphatic rings. The van der Waals surface area contributed by atoms with Gasteiger partial charge >= 0.3 is 5.69 Å². The van der Waals surface area contributed by atoms with Crippen molar-refractivity contribution in [3.8, 4) is 0 Å². The van der Waals surface area contributed by atoms with Gasteiger partial charge in [-0.3, -0.25) is 14.2 Å². The maximum Gasteiger partial charge on any atom is 0.329 e. The molecule has 25 heavy (non-hydrogen) atoms. The van der Waals surface area contributed by atoms with Gasteiger partial charge in [-0.15, -0.1) is 0 Å². The molecule has 7 nitrogen and oxygen atoms in total. The fourth-order valence-electron chi connectivity index (χ4n) is 2.62. The third-order valence-electron chi connectivity index (χ3n) is 3.92. The summed E-state index contributed by atoms with van der Waals surface area (Å²) in [5, 5.41) is 3.06. The first-order valence-electron chi connectivity index (χ1n) is 7.96. The van der Waals surface area contributed by atoms with Gasteiger partial charge in [-0.05, 0) is 35.7 Å². The van der Waals surface area contributed by atoms with Gasteiger partial charge in [0.1, 0.15) is 5.82 Å². The first-order valence-corrected chi connectivity index (χ1v) is 7.96. The van der Waals surface area contributed by atoms with E-state index in [1.54, 1.807) is 18.2 Å². The molecule has 2 N–H and O–H groups in total. The van der Waals surface area contributed by atoms with Crippen LogP contribution < -0.4 is 16.6 Å². The third-order valence-corrected chi connectivity index (χ3v) is 3.92. The van der Waals surface area contributed by atoms with Crippen LogP contribution in [0.3, 0.4) is 0 Å². The lowest BCUT2D eigenvalue weighted by molar-refractivity contribution is -0.114. The van der Waals surface area contributed by atoms with Gasteiger partial charge in [0.25, 0.3) is 5.56 Å². The Hall–Kier alpha value is -3.22. The molecule has 0 unspecified atom stereocenters. The van der Waals surface area contributed by atoms with Gasteiger partial charge in [-0.2, -0.15) is 0 Å². The molecule has 2 aromatic heterocycles. The number of rotatable bonds is 4. The lowest BCUT2D eigenvalue weighted by Crippen LogP contribution is -2.35. The Kier molecular flexibility index (Phi) is 4.47. The molecular weight excluding hydrogens is 320 g/mol. The minimum absolute atomic E-state index is 0.105. The molecular formula is C18H18N4O3. The number of aromatic nitrogens is 3. The number of aryl methyl sites for hydroxylation is 1. The molecule has 7 heteroatoms. The van der Waals surface area contributed by atoms with Gasteiger partial charge in [-0.1, -0.05) is 19.1 Å². The van der Waals surface area contributed by atoms with Crippen LogP contribution in [-0.2, 0) is 17.8 Å². The van der Waals surface area contributed by atoms with Crippen LogP contribution >= 0.6 is 0 Å². The van der Waals surface area contributed by atoms with E-state index in [1.807, 2.05) is 19.1 Å². The highest BCUT2D eigenvalue weighted by molar-refractivity contribution is 5.87. The average molecular weight is 338 g/mol. The number of pyridine rings is 1. The number of amides is 1. The second kappa shape index (κ2) is 6.72. The van der Waals surface area contributed by atoms with Crippen molar-refractivity contribution in [1.29, 1.82) is 0 Å². The molecule has 0 radical (unpaired) electrons. The summed E-state index contributed by atoms with van der Waals surface area (Å²) in [5.74, 6) is 0.206. The lowest BCUT2D eigenvalue weighted by Gasteiger charge is -2.08. The van der Waals surface area contributed by atoms with Gasteiger partial charge in [0.05, 0.1) is 17.4 Å². The minimum Gasteiger partial charge on any atom is -0.311 e. The lowest BCUT2D eigenvalue weighted by atomic mass is 10.1. The molecule has 0 saturated carbocycles. The van der Waals surface area contributed by atoms with Crippen molar-refractivity contribution in [2.75, 3.05) is 5.32 Å². The highest BCUT2D eigenvalue weighted by Gasteiger charge is 2.09. The zero-order valence-electron chi connectivity index (χ0n) is 14.0. The maximum atomic E-state index is 12.7. The standard InChI is InChI=1S/C18H18N4O3/c1-3-12-4-6-15-14(8-12)17(24)22(18(25)21-15)10-13-5-7-16(19-9-13)20-11(2)23/h4-9H,3,10H2,1-2H3,(H,21,25)(H,19,20,23). The van der Waals surface area contributed by atoms with Crippen molar-refractivity contribution in [2.24, 2.45) is 0 Å². The molecule has 0 atom stereocenters. The number of aromatic amines is 1. The van der Waals surface area contributed by atoms with Crippen molar-refractivity contribution >= 4 is 22.6 Å².